The number of benzene rings is 1. The molecule has 1 aromatic heterocycles. The maximum absolute atomic E-state index is 10.5. The number of nitrogens with zero attached hydrogens (tertiary/aromatic N) is 1. The lowest BCUT2D eigenvalue weighted by Crippen LogP contribution is -2.05. The van der Waals surface area contributed by atoms with E-state index in [1.54, 1.807) is 5.38 Å². The van der Waals surface area contributed by atoms with E-state index in [0.29, 0.717) is 5.69 Å². The Morgan fingerprint density at radius 1 is 1.33 bits per heavy atom. The van der Waals surface area contributed by atoms with E-state index in [4.69, 9.17) is 5.11 Å². The van der Waals surface area contributed by atoms with Crippen LogP contribution in [0.5, 0.6) is 0 Å². The lowest BCUT2D eigenvalue weighted by molar-refractivity contribution is -0.136. The third-order valence-electron chi connectivity index (χ3n) is 2.42. The van der Waals surface area contributed by atoms with Crippen molar-refractivity contribution in [3.05, 3.63) is 47.0 Å². The van der Waals surface area contributed by atoms with Gasteiger partial charge in [0, 0.05) is 11.9 Å². The van der Waals surface area contributed by atoms with Crippen molar-refractivity contribution in [1.29, 1.82) is 0 Å². The van der Waals surface area contributed by atoms with Crippen molar-refractivity contribution in [3.8, 4) is 0 Å². The molecule has 2 aromatic rings. The standard InChI is InChI=1S/C13H14N2O2S/c16-12(17)8-11-9-18-13(15-11)14-7-6-10-4-2-1-3-5-10/h1-5,9H,6-8H2,(H,14,15)(H,16,17). The van der Waals surface area contributed by atoms with Gasteiger partial charge >= 0.3 is 5.97 Å². The molecule has 0 radical (unpaired) electrons. The van der Waals surface area contributed by atoms with Crippen molar-refractivity contribution in [2.75, 3.05) is 11.9 Å². The summed E-state index contributed by atoms with van der Waals surface area (Å²) in [6, 6.07) is 10.2. The molecule has 0 bridgehead atoms. The molecule has 18 heavy (non-hydrogen) atoms. The molecule has 1 aromatic carbocycles. The van der Waals surface area contributed by atoms with E-state index in [1.165, 1.54) is 16.9 Å². The summed E-state index contributed by atoms with van der Waals surface area (Å²) in [5.74, 6) is -0.851. The van der Waals surface area contributed by atoms with Gasteiger partial charge < -0.3 is 10.4 Å². The molecule has 1 heterocycles. The highest BCUT2D eigenvalue weighted by atomic mass is 32.1. The van der Waals surface area contributed by atoms with Crippen LogP contribution >= 0.6 is 11.3 Å². The first-order chi connectivity index (χ1) is 8.74. The summed E-state index contributed by atoms with van der Waals surface area (Å²) in [6.07, 6.45) is 0.908. The quantitative estimate of drug-likeness (QED) is 0.839. The summed E-state index contributed by atoms with van der Waals surface area (Å²) in [5.41, 5.74) is 1.88. The first kappa shape index (κ1) is 12.6. The first-order valence-electron chi connectivity index (χ1n) is 5.68. The molecule has 5 heteroatoms. The Hall–Kier alpha value is -1.88. The summed E-state index contributed by atoms with van der Waals surface area (Å²) >= 11 is 1.44. The van der Waals surface area contributed by atoms with Crippen molar-refractivity contribution in [3.63, 3.8) is 0 Å². The maximum atomic E-state index is 10.5. The van der Waals surface area contributed by atoms with Gasteiger partial charge in [-0.2, -0.15) is 0 Å². The fourth-order valence-corrected chi connectivity index (χ4v) is 2.32. The minimum atomic E-state index is -0.851. The van der Waals surface area contributed by atoms with Gasteiger partial charge in [0.05, 0.1) is 12.1 Å². The second-order valence-corrected chi connectivity index (χ2v) is 4.73. The van der Waals surface area contributed by atoms with Gasteiger partial charge in [-0.3, -0.25) is 4.79 Å². The number of carbonyl (C=O) groups is 1. The highest BCUT2D eigenvalue weighted by molar-refractivity contribution is 7.13. The van der Waals surface area contributed by atoms with E-state index in [9.17, 15) is 4.79 Å². The average molecular weight is 262 g/mol. The normalized spacial score (nSPS) is 10.2. The van der Waals surface area contributed by atoms with Gasteiger partial charge in [0.15, 0.2) is 5.13 Å². The minimum absolute atomic E-state index is 0.0170. The van der Waals surface area contributed by atoms with Gasteiger partial charge in [-0.25, -0.2) is 4.98 Å². The number of hydrogen-bond donors (Lipinski definition) is 2. The fraction of sp³-hybridized carbons (Fsp3) is 0.231. The molecule has 0 aliphatic rings. The van der Waals surface area contributed by atoms with E-state index in [1.807, 2.05) is 18.2 Å². The van der Waals surface area contributed by atoms with E-state index < -0.39 is 5.97 Å². The van der Waals surface area contributed by atoms with Crippen molar-refractivity contribution < 1.29 is 9.90 Å². The highest BCUT2D eigenvalue weighted by Crippen LogP contribution is 2.15. The molecule has 0 atom stereocenters. The lowest BCUT2D eigenvalue weighted by atomic mass is 10.1. The zero-order chi connectivity index (χ0) is 12.8. The Labute approximate surface area is 109 Å². The summed E-state index contributed by atoms with van der Waals surface area (Å²) in [4.78, 5) is 14.7. The second-order valence-electron chi connectivity index (χ2n) is 3.88. The van der Waals surface area contributed by atoms with Gasteiger partial charge in [-0.1, -0.05) is 30.3 Å². The Morgan fingerprint density at radius 2 is 2.11 bits per heavy atom. The average Bonchev–Trinajstić information content (AvgIpc) is 2.77. The lowest BCUT2D eigenvalue weighted by Gasteiger charge is -2.02. The Kier molecular flexibility index (Phi) is 4.30. The van der Waals surface area contributed by atoms with Gasteiger partial charge in [-0.05, 0) is 12.0 Å². The molecule has 4 nitrogen and oxygen atoms in total. The summed E-state index contributed by atoms with van der Waals surface area (Å²) in [5, 5.41) is 14.4. The molecular weight excluding hydrogens is 248 g/mol. The van der Waals surface area contributed by atoms with Crippen LogP contribution in [0.3, 0.4) is 0 Å². The molecule has 0 aliphatic heterocycles. The predicted molar refractivity (Wildman–Crippen MR) is 72.1 cm³/mol. The highest BCUT2D eigenvalue weighted by Gasteiger charge is 2.05. The number of carboxylic acids is 1. The molecular formula is C13H14N2O2S. The number of nitrogens with one attached hydrogen (secondary N) is 1. The molecule has 0 fully saturated rings. The van der Waals surface area contributed by atoms with E-state index in [0.717, 1.165) is 18.1 Å². The van der Waals surface area contributed by atoms with Crippen molar-refractivity contribution in [1.82, 2.24) is 4.98 Å². The SMILES string of the molecule is O=C(O)Cc1csc(NCCc2ccccc2)n1. The Balaban J connectivity index is 1.80. The largest absolute Gasteiger partial charge is 0.481 e. The summed E-state index contributed by atoms with van der Waals surface area (Å²) in [7, 11) is 0. The number of anilines is 1. The number of rotatable bonds is 6. The molecule has 2 N–H and O–H groups in total. The van der Waals surface area contributed by atoms with Crippen molar-refractivity contribution in [2.45, 2.75) is 12.8 Å². The van der Waals surface area contributed by atoms with Crippen molar-refractivity contribution >= 4 is 22.4 Å². The van der Waals surface area contributed by atoms with Crippen LogP contribution in [0.1, 0.15) is 11.3 Å². The number of carboxylic acid groups (broad SMARTS) is 1. The molecule has 0 saturated carbocycles. The molecule has 0 aliphatic carbocycles. The Bertz CT molecular complexity index is 511. The molecule has 0 saturated heterocycles. The number of thiazole rings is 1. The number of aliphatic carboxylic acids is 1. The third kappa shape index (κ3) is 3.85. The molecule has 0 amide bonds. The van der Waals surface area contributed by atoms with E-state index in [2.05, 4.69) is 22.4 Å². The molecule has 2 rings (SSSR count). The smallest absolute Gasteiger partial charge is 0.309 e. The monoisotopic (exact) mass is 262 g/mol. The van der Waals surface area contributed by atoms with Crippen LogP contribution in [-0.4, -0.2) is 22.6 Å². The van der Waals surface area contributed by atoms with Gasteiger partial charge in [-0.15, -0.1) is 11.3 Å². The fourth-order valence-electron chi connectivity index (χ4n) is 1.58. The van der Waals surface area contributed by atoms with Crippen LogP contribution in [0, 0.1) is 0 Å². The molecule has 94 valence electrons. The number of hydrogen-bond acceptors (Lipinski definition) is 4. The summed E-state index contributed by atoms with van der Waals surface area (Å²) < 4.78 is 0. The predicted octanol–water partition coefficient (Wildman–Crippen LogP) is 2.42. The van der Waals surface area contributed by atoms with Crippen LogP contribution in [0.2, 0.25) is 0 Å². The Morgan fingerprint density at radius 3 is 2.83 bits per heavy atom. The van der Waals surface area contributed by atoms with Gasteiger partial charge in [0.25, 0.3) is 0 Å². The summed E-state index contributed by atoms with van der Waals surface area (Å²) in [6.45, 7) is 0.796. The number of aromatic nitrogens is 1. The van der Waals surface area contributed by atoms with Crippen LogP contribution in [-0.2, 0) is 17.6 Å². The molecule has 0 spiro atoms. The van der Waals surface area contributed by atoms with Gasteiger partial charge in [0.1, 0.15) is 0 Å². The van der Waals surface area contributed by atoms with Crippen LogP contribution in [0.4, 0.5) is 5.13 Å². The zero-order valence-electron chi connectivity index (χ0n) is 9.80. The van der Waals surface area contributed by atoms with Gasteiger partial charge in [0.2, 0.25) is 0 Å². The minimum Gasteiger partial charge on any atom is -0.481 e. The topological polar surface area (TPSA) is 62.2 Å². The van der Waals surface area contributed by atoms with E-state index in [-0.39, 0.29) is 6.42 Å². The van der Waals surface area contributed by atoms with E-state index >= 15 is 0 Å². The van der Waals surface area contributed by atoms with Crippen LogP contribution in [0.25, 0.3) is 0 Å². The first-order valence-corrected chi connectivity index (χ1v) is 6.56. The molecule has 0 unspecified atom stereocenters. The van der Waals surface area contributed by atoms with Crippen LogP contribution < -0.4 is 5.32 Å². The third-order valence-corrected chi connectivity index (χ3v) is 3.27. The zero-order valence-corrected chi connectivity index (χ0v) is 10.6. The van der Waals surface area contributed by atoms with Crippen LogP contribution in [0.15, 0.2) is 35.7 Å². The van der Waals surface area contributed by atoms with Crippen molar-refractivity contribution in [2.24, 2.45) is 0 Å². The second kappa shape index (κ2) is 6.16. The maximum Gasteiger partial charge on any atom is 0.309 e.